The topological polar surface area (TPSA) is 100 Å². The van der Waals surface area contributed by atoms with Gasteiger partial charge in [0.1, 0.15) is 5.75 Å². The van der Waals surface area contributed by atoms with Crippen molar-refractivity contribution in [2.75, 3.05) is 25.5 Å². The maximum atomic E-state index is 12.6. The maximum absolute atomic E-state index is 12.6. The van der Waals surface area contributed by atoms with Crippen molar-refractivity contribution in [2.45, 2.75) is 19.0 Å². The molecule has 3 aromatic rings. The van der Waals surface area contributed by atoms with Crippen molar-refractivity contribution in [3.63, 3.8) is 0 Å². The van der Waals surface area contributed by atoms with Gasteiger partial charge in [0.25, 0.3) is 0 Å². The number of aromatic amines is 1. The molecule has 3 heterocycles. The number of hydrogen-bond acceptors (Lipinski definition) is 6. The predicted octanol–water partition coefficient (Wildman–Crippen LogP) is 3.08. The second-order valence-electron chi connectivity index (χ2n) is 7.12. The number of methoxy groups -OCH3 is 1. The summed E-state index contributed by atoms with van der Waals surface area (Å²) in [7, 11) is 1.59. The van der Waals surface area contributed by atoms with Crippen molar-refractivity contribution < 1.29 is 27.5 Å². The normalized spacial score (nSPS) is 16.8. The number of aromatic nitrogens is 3. The van der Waals surface area contributed by atoms with E-state index in [4.69, 9.17) is 4.74 Å². The molecule has 31 heavy (non-hydrogen) atoms. The average molecular weight is 453 g/mol. The SMILES string of the molecule is COc1ccc2[nH]cc(CCN3CC(C(=O)Nc4nnc(C(F)(F)F)s4)CC3=O)c2c1. The number of likely N-dealkylation sites (tertiary alicyclic amines) is 1. The highest BCUT2D eigenvalue weighted by molar-refractivity contribution is 7.15. The Labute approximate surface area is 178 Å². The van der Waals surface area contributed by atoms with Crippen molar-refractivity contribution in [1.29, 1.82) is 0 Å². The van der Waals surface area contributed by atoms with E-state index in [1.807, 2.05) is 24.4 Å². The van der Waals surface area contributed by atoms with E-state index in [0.29, 0.717) is 13.0 Å². The van der Waals surface area contributed by atoms with Gasteiger partial charge in [-0.2, -0.15) is 13.2 Å². The summed E-state index contributed by atoms with van der Waals surface area (Å²) in [6, 6.07) is 5.68. The van der Waals surface area contributed by atoms with Crippen LogP contribution >= 0.6 is 11.3 Å². The summed E-state index contributed by atoms with van der Waals surface area (Å²) in [5, 5.41) is 8.33. The second kappa shape index (κ2) is 8.17. The summed E-state index contributed by atoms with van der Waals surface area (Å²) in [5.41, 5.74) is 1.97. The van der Waals surface area contributed by atoms with Crippen LogP contribution in [0, 0.1) is 5.92 Å². The van der Waals surface area contributed by atoms with E-state index in [2.05, 4.69) is 20.5 Å². The summed E-state index contributed by atoms with van der Waals surface area (Å²) in [4.78, 5) is 29.5. The van der Waals surface area contributed by atoms with E-state index in [1.165, 1.54) is 0 Å². The van der Waals surface area contributed by atoms with Gasteiger partial charge in [-0.1, -0.05) is 11.3 Å². The molecule has 0 aliphatic carbocycles. The van der Waals surface area contributed by atoms with Crippen LogP contribution in [0.15, 0.2) is 24.4 Å². The van der Waals surface area contributed by atoms with Crippen LogP contribution in [0.5, 0.6) is 5.75 Å². The lowest BCUT2D eigenvalue weighted by Crippen LogP contribution is -2.30. The van der Waals surface area contributed by atoms with Crippen LogP contribution in [0.3, 0.4) is 0 Å². The number of alkyl halides is 3. The number of carbonyl (C=O) groups excluding carboxylic acids is 2. The van der Waals surface area contributed by atoms with Crippen LogP contribution in [-0.2, 0) is 22.2 Å². The highest BCUT2D eigenvalue weighted by Gasteiger charge is 2.37. The third-order valence-electron chi connectivity index (χ3n) is 5.11. The zero-order valence-electron chi connectivity index (χ0n) is 16.3. The molecular formula is C19H18F3N5O3S. The molecule has 0 bridgehead atoms. The fourth-order valence-corrected chi connectivity index (χ4v) is 4.12. The number of ether oxygens (including phenoxy) is 1. The molecule has 2 aromatic heterocycles. The largest absolute Gasteiger partial charge is 0.497 e. The molecule has 2 N–H and O–H groups in total. The van der Waals surface area contributed by atoms with Gasteiger partial charge >= 0.3 is 6.18 Å². The zero-order valence-corrected chi connectivity index (χ0v) is 17.1. The summed E-state index contributed by atoms with van der Waals surface area (Å²) in [6.07, 6.45) is -2.16. The summed E-state index contributed by atoms with van der Waals surface area (Å²) in [5.74, 6) is -0.648. The highest BCUT2D eigenvalue weighted by atomic mass is 32.1. The van der Waals surface area contributed by atoms with Gasteiger partial charge in [0.05, 0.1) is 13.0 Å². The molecule has 8 nitrogen and oxygen atoms in total. The minimum atomic E-state index is -4.62. The molecule has 1 aliphatic heterocycles. The van der Waals surface area contributed by atoms with Gasteiger partial charge in [0.15, 0.2) is 0 Å². The van der Waals surface area contributed by atoms with Crippen LogP contribution in [0.25, 0.3) is 10.9 Å². The molecule has 1 unspecified atom stereocenters. The third-order valence-corrected chi connectivity index (χ3v) is 5.99. The Morgan fingerprint density at radius 2 is 2.19 bits per heavy atom. The van der Waals surface area contributed by atoms with E-state index in [0.717, 1.165) is 22.2 Å². The van der Waals surface area contributed by atoms with E-state index in [1.54, 1.807) is 12.0 Å². The first-order valence-corrected chi connectivity index (χ1v) is 10.2. The fraction of sp³-hybridized carbons (Fsp3) is 0.368. The lowest BCUT2D eigenvalue weighted by atomic mass is 10.1. The number of halogens is 3. The average Bonchev–Trinajstić information content (AvgIpc) is 3.44. The van der Waals surface area contributed by atoms with Crippen molar-refractivity contribution >= 4 is 39.2 Å². The Morgan fingerprint density at radius 1 is 1.39 bits per heavy atom. The van der Waals surface area contributed by atoms with Gasteiger partial charge in [0.2, 0.25) is 22.0 Å². The molecule has 0 radical (unpaired) electrons. The predicted molar refractivity (Wildman–Crippen MR) is 107 cm³/mol. The lowest BCUT2D eigenvalue weighted by Gasteiger charge is -2.16. The Morgan fingerprint density at radius 3 is 2.90 bits per heavy atom. The van der Waals surface area contributed by atoms with Gasteiger partial charge < -0.3 is 19.9 Å². The Bertz CT molecular complexity index is 1130. The molecule has 1 atom stereocenters. The number of rotatable bonds is 6. The number of anilines is 1. The van der Waals surface area contributed by atoms with Crippen molar-refractivity contribution in [3.8, 4) is 5.75 Å². The minimum absolute atomic E-state index is 0.00152. The number of nitrogens with zero attached hydrogens (tertiary/aromatic N) is 3. The number of benzene rings is 1. The number of H-pyrrole nitrogens is 1. The molecule has 0 spiro atoms. The molecule has 1 saturated heterocycles. The number of hydrogen-bond donors (Lipinski definition) is 2. The van der Waals surface area contributed by atoms with E-state index in [-0.39, 0.29) is 35.3 Å². The minimum Gasteiger partial charge on any atom is -0.497 e. The van der Waals surface area contributed by atoms with Crippen molar-refractivity contribution in [1.82, 2.24) is 20.1 Å². The Balaban J connectivity index is 1.36. The van der Waals surface area contributed by atoms with Crippen LogP contribution in [0.1, 0.15) is 17.0 Å². The van der Waals surface area contributed by atoms with E-state index in [9.17, 15) is 22.8 Å². The molecule has 0 saturated carbocycles. The molecule has 12 heteroatoms. The Hall–Kier alpha value is -3.15. The number of fused-ring (bicyclic) bond motifs is 1. The van der Waals surface area contributed by atoms with Crippen LogP contribution in [0.2, 0.25) is 0 Å². The first kappa shape index (κ1) is 21.1. The van der Waals surface area contributed by atoms with Crippen molar-refractivity contribution in [3.05, 3.63) is 35.0 Å². The van der Waals surface area contributed by atoms with Gasteiger partial charge in [0, 0.05) is 36.6 Å². The van der Waals surface area contributed by atoms with Crippen molar-refractivity contribution in [2.24, 2.45) is 5.92 Å². The van der Waals surface area contributed by atoms with E-state index < -0.39 is 23.0 Å². The smallest absolute Gasteiger partial charge is 0.445 e. The third kappa shape index (κ3) is 4.48. The van der Waals surface area contributed by atoms with Gasteiger partial charge in [-0.25, -0.2) is 0 Å². The molecule has 2 amide bonds. The molecule has 4 rings (SSSR count). The number of nitrogens with one attached hydrogen (secondary N) is 2. The standard InChI is InChI=1S/C19H18F3N5O3S/c1-30-12-2-3-14-13(7-12)10(8-23-14)4-5-27-9-11(6-15(27)28)16(29)24-18-26-25-17(31-18)19(20,21)22/h2-3,7-8,11,23H,4-6,9H2,1H3,(H,24,26,29). The van der Waals surface area contributed by atoms with Crippen LogP contribution in [0.4, 0.5) is 18.3 Å². The number of amides is 2. The highest BCUT2D eigenvalue weighted by Crippen LogP contribution is 2.33. The number of carbonyl (C=O) groups is 2. The van der Waals surface area contributed by atoms with E-state index >= 15 is 0 Å². The fourth-order valence-electron chi connectivity index (χ4n) is 3.51. The first-order valence-electron chi connectivity index (χ1n) is 9.38. The monoisotopic (exact) mass is 453 g/mol. The van der Waals surface area contributed by atoms with Crippen LogP contribution < -0.4 is 10.1 Å². The summed E-state index contributed by atoms with van der Waals surface area (Å²) in [6.45, 7) is 0.616. The van der Waals surface area contributed by atoms with Gasteiger partial charge in [-0.15, -0.1) is 10.2 Å². The van der Waals surface area contributed by atoms with Crippen LogP contribution in [-0.4, -0.2) is 52.1 Å². The molecule has 1 fully saturated rings. The quantitative estimate of drug-likeness (QED) is 0.598. The van der Waals surface area contributed by atoms with Gasteiger partial charge in [-0.05, 0) is 30.2 Å². The second-order valence-corrected chi connectivity index (χ2v) is 8.09. The summed E-state index contributed by atoms with van der Waals surface area (Å²) < 4.78 is 43.1. The van der Waals surface area contributed by atoms with Gasteiger partial charge in [-0.3, -0.25) is 9.59 Å². The Kier molecular flexibility index (Phi) is 5.56. The molecule has 164 valence electrons. The maximum Gasteiger partial charge on any atom is 0.445 e. The zero-order chi connectivity index (χ0) is 22.2. The lowest BCUT2D eigenvalue weighted by molar-refractivity contribution is -0.138. The molecule has 1 aliphatic rings. The summed E-state index contributed by atoms with van der Waals surface area (Å²) >= 11 is 0.250. The molecule has 1 aromatic carbocycles. The molecular weight excluding hydrogens is 435 g/mol. The first-order chi connectivity index (χ1) is 14.7.